The van der Waals surface area contributed by atoms with Gasteiger partial charge in [-0.25, -0.2) is 0 Å². The molecule has 0 amide bonds. The predicted molar refractivity (Wildman–Crippen MR) is 80.3 cm³/mol. The average Bonchev–Trinajstić information content (AvgIpc) is 2.92. The van der Waals surface area contributed by atoms with Crippen molar-refractivity contribution in [2.45, 2.75) is 51.1 Å². The van der Waals surface area contributed by atoms with E-state index in [1.165, 1.54) is 24.1 Å². The Balaban J connectivity index is 2.04. The van der Waals surface area contributed by atoms with Gasteiger partial charge in [-0.3, -0.25) is 0 Å². The molecule has 1 fully saturated rings. The predicted octanol–water partition coefficient (Wildman–Crippen LogP) is 2.84. The molecule has 0 spiro atoms. The Labute approximate surface area is 116 Å². The SMILES string of the molecule is CC[C@@H](N)c1ccc(N2CCCC2CCCO)cc1. The van der Waals surface area contributed by atoms with Crippen LogP contribution in [0.25, 0.3) is 0 Å². The number of benzene rings is 1. The second-order valence-corrected chi connectivity index (χ2v) is 5.46. The van der Waals surface area contributed by atoms with E-state index in [0.29, 0.717) is 12.6 Å². The lowest BCUT2D eigenvalue weighted by Crippen LogP contribution is -2.29. The van der Waals surface area contributed by atoms with Crippen LogP contribution in [-0.4, -0.2) is 24.3 Å². The van der Waals surface area contributed by atoms with Gasteiger partial charge in [-0.15, -0.1) is 0 Å². The molecule has 1 aromatic rings. The van der Waals surface area contributed by atoms with Crippen molar-refractivity contribution in [3.8, 4) is 0 Å². The van der Waals surface area contributed by atoms with Gasteiger partial charge in [0.1, 0.15) is 0 Å². The first-order valence-electron chi connectivity index (χ1n) is 7.49. The van der Waals surface area contributed by atoms with Crippen LogP contribution in [0.4, 0.5) is 5.69 Å². The van der Waals surface area contributed by atoms with Crippen molar-refractivity contribution in [1.82, 2.24) is 0 Å². The van der Waals surface area contributed by atoms with E-state index < -0.39 is 0 Å². The number of nitrogens with two attached hydrogens (primary N) is 1. The molecule has 0 aliphatic carbocycles. The summed E-state index contributed by atoms with van der Waals surface area (Å²) in [6.45, 7) is 3.55. The molecule has 2 atom stereocenters. The smallest absolute Gasteiger partial charge is 0.0431 e. The van der Waals surface area contributed by atoms with Crippen LogP contribution in [0.5, 0.6) is 0 Å². The molecule has 1 heterocycles. The van der Waals surface area contributed by atoms with Crippen LogP contribution in [0.3, 0.4) is 0 Å². The van der Waals surface area contributed by atoms with Gasteiger partial charge < -0.3 is 15.7 Å². The molecule has 1 unspecified atom stereocenters. The molecular formula is C16H26N2O. The van der Waals surface area contributed by atoms with Crippen molar-refractivity contribution in [3.05, 3.63) is 29.8 Å². The van der Waals surface area contributed by atoms with E-state index in [1.54, 1.807) is 0 Å². The minimum Gasteiger partial charge on any atom is -0.396 e. The third kappa shape index (κ3) is 3.48. The number of hydrogen-bond acceptors (Lipinski definition) is 3. The maximum Gasteiger partial charge on any atom is 0.0431 e. The molecule has 19 heavy (non-hydrogen) atoms. The first kappa shape index (κ1) is 14.4. The lowest BCUT2D eigenvalue weighted by atomic mass is 10.0. The number of nitrogens with zero attached hydrogens (tertiary/aromatic N) is 1. The van der Waals surface area contributed by atoms with Crippen LogP contribution in [0.2, 0.25) is 0 Å². The van der Waals surface area contributed by atoms with Crippen LogP contribution in [0, 0.1) is 0 Å². The van der Waals surface area contributed by atoms with Crippen molar-refractivity contribution < 1.29 is 5.11 Å². The molecule has 0 radical (unpaired) electrons. The van der Waals surface area contributed by atoms with Crippen molar-refractivity contribution >= 4 is 5.69 Å². The first-order chi connectivity index (χ1) is 9.26. The van der Waals surface area contributed by atoms with Gasteiger partial charge in [0.2, 0.25) is 0 Å². The molecule has 0 bridgehead atoms. The number of aliphatic hydroxyl groups excluding tert-OH is 1. The van der Waals surface area contributed by atoms with Gasteiger partial charge in [0.15, 0.2) is 0 Å². The highest BCUT2D eigenvalue weighted by Gasteiger charge is 2.24. The lowest BCUT2D eigenvalue weighted by molar-refractivity contribution is 0.279. The van der Waals surface area contributed by atoms with E-state index >= 15 is 0 Å². The average molecular weight is 262 g/mol. The number of aliphatic hydroxyl groups is 1. The highest BCUT2D eigenvalue weighted by atomic mass is 16.2. The zero-order valence-electron chi connectivity index (χ0n) is 11.9. The standard InChI is InChI=1S/C16H26N2O/c1-2-16(17)13-7-9-15(10-8-13)18-11-3-5-14(18)6-4-12-19/h7-10,14,16,19H,2-6,11-12,17H2,1H3/t14?,16-/m1/s1. The summed E-state index contributed by atoms with van der Waals surface area (Å²) in [5.41, 5.74) is 8.57. The minimum absolute atomic E-state index is 0.151. The summed E-state index contributed by atoms with van der Waals surface area (Å²) in [6.07, 6.45) is 5.47. The maximum absolute atomic E-state index is 8.98. The molecule has 3 nitrogen and oxygen atoms in total. The Bertz CT molecular complexity index is 377. The third-order valence-electron chi connectivity index (χ3n) is 4.17. The van der Waals surface area contributed by atoms with E-state index in [-0.39, 0.29) is 6.04 Å². The van der Waals surface area contributed by atoms with Crippen LogP contribution < -0.4 is 10.6 Å². The second-order valence-electron chi connectivity index (χ2n) is 5.46. The van der Waals surface area contributed by atoms with Gasteiger partial charge in [0.25, 0.3) is 0 Å². The van der Waals surface area contributed by atoms with Crippen molar-refractivity contribution in [2.24, 2.45) is 5.73 Å². The number of hydrogen-bond donors (Lipinski definition) is 2. The summed E-state index contributed by atoms with van der Waals surface area (Å²) in [5.74, 6) is 0. The summed E-state index contributed by atoms with van der Waals surface area (Å²) in [4.78, 5) is 2.48. The van der Waals surface area contributed by atoms with E-state index in [9.17, 15) is 0 Å². The number of anilines is 1. The Morgan fingerprint density at radius 1 is 1.37 bits per heavy atom. The highest BCUT2D eigenvalue weighted by Crippen LogP contribution is 2.29. The molecule has 0 saturated carbocycles. The molecule has 0 aromatic heterocycles. The van der Waals surface area contributed by atoms with Crippen LogP contribution in [0.15, 0.2) is 24.3 Å². The van der Waals surface area contributed by atoms with Gasteiger partial charge >= 0.3 is 0 Å². The van der Waals surface area contributed by atoms with E-state index in [0.717, 1.165) is 25.8 Å². The molecule has 3 N–H and O–H groups in total. The molecular weight excluding hydrogens is 236 g/mol. The molecule has 1 aliphatic heterocycles. The van der Waals surface area contributed by atoms with E-state index in [1.807, 2.05) is 0 Å². The highest BCUT2D eigenvalue weighted by molar-refractivity contribution is 5.49. The first-order valence-corrected chi connectivity index (χ1v) is 7.49. The molecule has 1 saturated heterocycles. The Hall–Kier alpha value is -1.06. The van der Waals surface area contributed by atoms with Crippen LogP contribution in [-0.2, 0) is 0 Å². The monoisotopic (exact) mass is 262 g/mol. The van der Waals surface area contributed by atoms with Gasteiger partial charge in [-0.2, -0.15) is 0 Å². The summed E-state index contributed by atoms with van der Waals surface area (Å²) in [7, 11) is 0. The zero-order valence-corrected chi connectivity index (χ0v) is 11.9. The lowest BCUT2D eigenvalue weighted by Gasteiger charge is -2.27. The molecule has 106 valence electrons. The topological polar surface area (TPSA) is 49.5 Å². The van der Waals surface area contributed by atoms with Gasteiger partial charge in [-0.05, 0) is 49.8 Å². The van der Waals surface area contributed by atoms with Gasteiger partial charge in [-0.1, -0.05) is 19.1 Å². The van der Waals surface area contributed by atoms with Crippen LogP contribution in [0.1, 0.15) is 50.6 Å². The fourth-order valence-electron chi connectivity index (χ4n) is 2.95. The van der Waals surface area contributed by atoms with Gasteiger partial charge in [0, 0.05) is 30.9 Å². The summed E-state index contributed by atoms with van der Waals surface area (Å²) >= 11 is 0. The fraction of sp³-hybridized carbons (Fsp3) is 0.625. The van der Waals surface area contributed by atoms with Crippen molar-refractivity contribution in [3.63, 3.8) is 0 Å². The Kier molecular flexibility index (Phi) is 5.23. The summed E-state index contributed by atoms with van der Waals surface area (Å²) in [5, 5.41) is 8.98. The Morgan fingerprint density at radius 2 is 2.11 bits per heavy atom. The van der Waals surface area contributed by atoms with E-state index in [2.05, 4.69) is 36.1 Å². The Morgan fingerprint density at radius 3 is 2.74 bits per heavy atom. The summed E-state index contributed by atoms with van der Waals surface area (Å²) < 4.78 is 0. The zero-order chi connectivity index (χ0) is 13.7. The quantitative estimate of drug-likeness (QED) is 0.829. The second kappa shape index (κ2) is 6.92. The van der Waals surface area contributed by atoms with Crippen molar-refractivity contribution in [2.75, 3.05) is 18.1 Å². The van der Waals surface area contributed by atoms with Crippen LogP contribution >= 0.6 is 0 Å². The normalized spacial score (nSPS) is 20.8. The molecule has 1 aromatic carbocycles. The third-order valence-corrected chi connectivity index (χ3v) is 4.17. The molecule has 1 aliphatic rings. The van der Waals surface area contributed by atoms with E-state index in [4.69, 9.17) is 10.8 Å². The van der Waals surface area contributed by atoms with Crippen molar-refractivity contribution in [1.29, 1.82) is 0 Å². The minimum atomic E-state index is 0.151. The molecule has 3 heteroatoms. The maximum atomic E-state index is 8.98. The fourth-order valence-corrected chi connectivity index (χ4v) is 2.95. The molecule has 2 rings (SSSR count). The number of rotatable bonds is 6. The van der Waals surface area contributed by atoms with Gasteiger partial charge in [0.05, 0.1) is 0 Å². The largest absolute Gasteiger partial charge is 0.396 e. The summed E-state index contributed by atoms with van der Waals surface area (Å²) in [6, 6.07) is 9.45.